The molecule has 3 heterocycles. The fraction of sp³-hybridized carbons (Fsp3) is 0.143. The Morgan fingerprint density at radius 3 is 2.72 bits per heavy atom. The highest BCUT2D eigenvalue weighted by Crippen LogP contribution is 2.39. The molecule has 2 aromatic carbocycles. The average molecular weight is 425 g/mol. The SMILES string of the molecule is O=C1CSC(N2N=C(c3ccccc3F)CC2c2cc3ccccc3nc2Cl)=N1. The number of aliphatic imine (C=N–C) groups is 1. The number of halogens is 2. The number of hydrogen-bond donors (Lipinski definition) is 0. The molecule has 1 amide bonds. The van der Waals surface area contributed by atoms with Crippen molar-refractivity contribution in [3.63, 3.8) is 0 Å². The maximum Gasteiger partial charge on any atom is 0.258 e. The minimum atomic E-state index is -0.341. The van der Waals surface area contributed by atoms with Crippen LogP contribution in [0.1, 0.15) is 23.6 Å². The van der Waals surface area contributed by atoms with E-state index < -0.39 is 0 Å². The number of hydrazone groups is 1. The van der Waals surface area contributed by atoms with E-state index in [1.807, 2.05) is 30.3 Å². The molecule has 0 aliphatic carbocycles. The minimum Gasteiger partial charge on any atom is -0.272 e. The molecule has 0 saturated carbocycles. The number of nitrogens with zero attached hydrogens (tertiary/aromatic N) is 4. The van der Waals surface area contributed by atoms with E-state index in [1.165, 1.54) is 17.8 Å². The molecule has 8 heteroatoms. The third kappa shape index (κ3) is 3.30. The summed E-state index contributed by atoms with van der Waals surface area (Å²) in [5, 5.41) is 8.11. The van der Waals surface area contributed by atoms with E-state index in [0.717, 1.165) is 16.5 Å². The second kappa shape index (κ2) is 7.24. The summed E-state index contributed by atoms with van der Waals surface area (Å²) in [6.07, 6.45) is 0.425. The van der Waals surface area contributed by atoms with E-state index >= 15 is 0 Å². The normalized spacial score (nSPS) is 19.0. The number of pyridine rings is 1. The molecular weight excluding hydrogens is 411 g/mol. The van der Waals surface area contributed by atoms with E-state index in [0.29, 0.717) is 28.0 Å². The topological polar surface area (TPSA) is 57.9 Å². The van der Waals surface area contributed by atoms with Gasteiger partial charge in [0.15, 0.2) is 5.17 Å². The van der Waals surface area contributed by atoms with Crippen LogP contribution in [-0.4, -0.2) is 32.5 Å². The number of carbonyl (C=O) groups excluding carboxylic acids is 1. The molecule has 1 unspecified atom stereocenters. The van der Waals surface area contributed by atoms with Gasteiger partial charge in [-0.25, -0.2) is 14.4 Å². The first-order valence-corrected chi connectivity index (χ1v) is 10.4. The van der Waals surface area contributed by atoms with Gasteiger partial charge >= 0.3 is 0 Å². The molecule has 2 aliphatic rings. The van der Waals surface area contributed by atoms with E-state index in [9.17, 15) is 9.18 Å². The minimum absolute atomic E-state index is 0.207. The van der Waals surface area contributed by atoms with Gasteiger partial charge in [-0.15, -0.1) is 0 Å². The van der Waals surface area contributed by atoms with E-state index in [4.69, 9.17) is 11.6 Å². The fourth-order valence-electron chi connectivity index (χ4n) is 3.54. The van der Waals surface area contributed by atoms with Crippen LogP contribution in [0.5, 0.6) is 0 Å². The Bertz CT molecular complexity index is 1210. The Hall–Kier alpha value is -2.77. The van der Waals surface area contributed by atoms with Gasteiger partial charge in [0.05, 0.1) is 23.0 Å². The second-order valence-corrected chi connectivity index (χ2v) is 8.03. The molecule has 0 fully saturated rings. The molecule has 1 aromatic heterocycles. The molecule has 5 nitrogen and oxygen atoms in total. The lowest BCUT2D eigenvalue weighted by molar-refractivity contribution is -0.115. The number of hydrogen-bond acceptors (Lipinski definition) is 5. The average Bonchev–Trinajstić information content (AvgIpc) is 3.34. The molecule has 0 saturated heterocycles. The van der Waals surface area contributed by atoms with Crippen LogP contribution in [0.25, 0.3) is 10.9 Å². The van der Waals surface area contributed by atoms with E-state index in [1.54, 1.807) is 23.2 Å². The summed E-state index contributed by atoms with van der Waals surface area (Å²) in [6.45, 7) is 0. The summed E-state index contributed by atoms with van der Waals surface area (Å²) in [5.74, 6) is -0.278. The Kier molecular flexibility index (Phi) is 4.56. The van der Waals surface area contributed by atoms with Crippen LogP contribution in [0, 0.1) is 5.82 Å². The van der Waals surface area contributed by atoms with E-state index in [-0.39, 0.29) is 23.5 Å². The zero-order valence-electron chi connectivity index (χ0n) is 15.0. The number of amidine groups is 1. The van der Waals surface area contributed by atoms with Crippen LogP contribution in [-0.2, 0) is 4.79 Å². The Morgan fingerprint density at radius 2 is 1.93 bits per heavy atom. The van der Waals surface area contributed by atoms with Crippen LogP contribution < -0.4 is 0 Å². The van der Waals surface area contributed by atoms with Crippen LogP contribution in [0.2, 0.25) is 5.15 Å². The van der Waals surface area contributed by atoms with E-state index in [2.05, 4.69) is 15.1 Å². The Balaban J connectivity index is 1.62. The van der Waals surface area contributed by atoms with Gasteiger partial charge in [-0.3, -0.25) is 4.79 Å². The molecule has 29 heavy (non-hydrogen) atoms. The van der Waals surface area contributed by atoms with Crippen LogP contribution in [0.4, 0.5) is 4.39 Å². The lowest BCUT2D eigenvalue weighted by atomic mass is 9.98. The smallest absolute Gasteiger partial charge is 0.258 e. The summed E-state index contributed by atoms with van der Waals surface area (Å²) >= 11 is 7.85. The molecule has 0 bridgehead atoms. The van der Waals surface area contributed by atoms with Crippen LogP contribution in [0.15, 0.2) is 64.7 Å². The molecule has 5 rings (SSSR count). The van der Waals surface area contributed by atoms with Crippen molar-refractivity contribution in [2.45, 2.75) is 12.5 Å². The van der Waals surface area contributed by atoms with Gasteiger partial charge in [-0.05, 0) is 18.2 Å². The molecule has 2 aliphatic heterocycles. The van der Waals surface area contributed by atoms with Crippen molar-refractivity contribution in [3.05, 3.63) is 76.7 Å². The Labute approximate surface area is 175 Å². The first-order chi connectivity index (χ1) is 14.1. The third-order valence-corrected chi connectivity index (χ3v) is 6.13. The van der Waals surface area contributed by atoms with Crippen molar-refractivity contribution in [1.82, 2.24) is 9.99 Å². The number of rotatable bonds is 2. The highest BCUT2D eigenvalue weighted by atomic mass is 35.5. The lowest BCUT2D eigenvalue weighted by Gasteiger charge is -2.23. The largest absolute Gasteiger partial charge is 0.272 e. The molecular formula is C21H14ClFN4OS. The molecule has 3 aromatic rings. The number of para-hydroxylation sites is 1. The summed E-state index contributed by atoms with van der Waals surface area (Å²) in [4.78, 5) is 20.3. The number of aromatic nitrogens is 1. The monoisotopic (exact) mass is 424 g/mol. The molecule has 0 radical (unpaired) electrons. The second-order valence-electron chi connectivity index (χ2n) is 6.73. The first-order valence-electron chi connectivity index (χ1n) is 9.01. The molecule has 144 valence electrons. The number of carbonyl (C=O) groups is 1. The van der Waals surface area contributed by atoms with Crippen molar-refractivity contribution in [2.75, 3.05) is 5.75 Å². The summed E-state index contributed by atoms with van der Waals surface area (Å²) < 4.78 is 14.4. The van der Waals surface area contributed by atoms with Crippen LogP contribution >= 0.6 is 23.4 Å². The Morgan fingerprint density at radius 1 is 1.14 bits per heavy atom. The number of fused-ring (bicyclic) bond motifs is 1. The van der Waals surface area contributed by atoms with Gasteiger partial charge in [0.1, 0.15) is 11.0 Å². The zero-order valence-corrected chi connectivity index (χ0v) is 16.6. The lowest BCUT2D eigenvalue weighted by Crippen LogP contribution is -2.24. The van der Waals surface area contributed by atoms with Crippen molar-refractivity contribution >= 4 is 51.1 Å². The molecule has 1 atom stereocenters. The highest BCUT2D eigenvalue weighted by molar-refractivity contribution is 8.14. The number of thioether (sulfide) groups is 1. The standard InChI is InChI=1S/C21H14ClFN4OS/c22-20-14(9-12-5-1-4-8-16(12)24-20)18-10-17(13-6-2-3-7-15(13)23)26-27(18)21-25-19(28)11-29-21/h1-9,18H,10-11H2. The van der Waals surface area contributed by atoms with Crippen LogP contribution in [0.3, 0.4) is 0 Å². The van der Waals surface area contributed by atoms with Gasteiger partial charge < -0.3 is 0 Å². The maximum atomic E-state index is 14.4. The number of benzene rings is 2. The van der Waals surface area contributed by atoms with Gasteiger partial charge in [-0.1, -0.05) is 59.8 Å². The summed E-state index contributed by atoms with van der Waals surface area (Å²) in [7, 11) is 0. The fourth-order valence-corrected chi connectivity index (χ4v) is 4.60. The first kappa shape index (κ1) is 18.3. The third-order valence-electron chi connectivity index (χ3n) is 4.90. The van der Waals surface area contributed by atoms with Gasteiger partial charge in [0, 0.05) is 22.9 Å². The van der Waals surface area contributed by atoms with Gasteiger partial charge in [-0.2, -0.15) is 10.1 Å². The molecule has 0 N–H and O–H groups in total. The predicted octanol–water partition coefficient (Wildman–Crippen LogP) is 4.81. The van der Waals surface area contributed by atoms with Gasteiger partial charge in [0.2, 0.25) is 0 Å². The highest BCUT2D eigenvalue weighted by Gasteiger charge is 2.36. The maximum absolute atomic E-state index is 14.4. The zero-order chi connectivity index (χ0) is 20.0. The molecule has 0 spiro atoms. The quantitative estimate of drug-likeness (QED) is 0.554. The summed E-state index contributed by atoms with van der Waals surface area (Å²) in [6, 6.07) is 15.9. The van der Waals surface area contributed by atoms with Crippen molar-refractivity contribution in [1.29, 1.82) is 0 Å². The van der Waals surface area contributed by atoms with Gasteiger partial charge in [0.25, 0.3) is 5.91 Å². The van der Waals surface area contributed by atoms with Crippen molar-refractivity contribution in [2.24, 2.45) is 10.1 Å². The van der Waals surface area contributed by atoms with Crippen molar-refractivity contribution in [3.8, 4) is 0 Å². The predicted molar refractivity (Wildman–Crippen MR) is 114 cm³/mol. The van der Waals surface area contributed by atoms with Crippen molar-refractivity contribution < 1.29 is 9.18 Å². The number of amides is 1. The summed E-state index contributed by atoms with van der Waals surface area (Å²) in [5.41, 5.74) is 2.58.